The third-order valence-corrected chi connectivity index (χ3v) is 17.6. The fourth-order valence-electron chi connectivity index (χ4n) is 13.2. The van der Waals surface area contributed by atoms with Crippen LogP contribution in [0.1, 0.15) is 11.1 Å². The fourth-order valence-corrected chi connectivity index (χ4v) is 13.2. The summed E-state index contributed by atoms with van der Waals surface area (Å²) in [6, 6.07) is 90.5. The van der Waals surface area contributed by atoms with Gasteiger partial charge in [0.15, 0.2) is 5.69 Å². The third-order valence-electron chi connectivity index (χ3n) is 17.6. The summed E-state index contributed by atoms with van der Waals surface area (Å²) in [6.45, 7) is 8.42. The molecule has 11 heteroatoms. The summed E-state index contributed by atoms with van der Waals surface area (Å²) >= 11 is 0. The summed E-state index contributed by atoms with van der Waals surface area (Å²) < 4.78 is 51.4. The summed E-state index contributed by atoms with van der Waals surface area (Å²) in [5.74, 6) is 0. The van der Waals surface area contributed by atoms with Gasteiger partial charge in [-0.25, -0.2) is 4.85 Å². The van der Waals surface area contributed by atoms with Crippen LogP contribution in [-0.4, -0.2) is 29.1 Å². The van der Waals surface area contributed by atoms with Crippen LogP contribution in [-0.2, 0) is 6.18 Å². The standard InChI is InChI=1S/C83H49F3N8/c1-88-71-24-14-23-70(83(84,85)86)82(71)64-49-80(93-76-29-25-56(60-33-37-89-72(45-60)52-15-6-2-7-16-52)41-65(76)66-42-57(26-30-77(66)93)61-34-38-90-73(46-61)53-17-8-3-9-18-53)69(51-87)81(50-64)94-78-31-27-58(62-35-39-91-74(47-62)54-19-10-4-11-20-54)43-67(78)68-44-59(28-32-79(68)94)63-36-40-92-75(48-63)55-21-12-5-13-22-55/h2-50H. The molecule has 442 valence electrons. The lowest BCUT2D eigenvalue weighted by Gasteiger charge is -2.21. The molecular formula is C83H49F3N8. The van der Waals surface area contributed by atoms with E-state index in [1.54, 1.807) is 36.9 Å². The molecule has 94 heavy (non-hydrogen) atoms. The van der Waals surface area contributed by atoms with E-state index in [2.05, 4.69) is 59.4 Å². The molecule has 0 aliphatic heterocycles. The minimum Gasteiger partial charge on any atom is -0.308 e. The van der Waals surface area contributed by atoms with Gasteiger partial charge >= 0.3 is 6.18 Å². The zero-order chi connectivity index (χ0) is 63.4. The predicted molar refractivity (Wildman–Crippen MR) is 371 cm³/mol. The average Bonchev–Trinajstić information content (AvgIpc) is 1.55. The highest BCUT2D eigenvalue weighted by atomic mass is 19.4. The Bertz CT molecular complexity index is 5160. The van der Waals surface area contributed by atoms with Gasteiger partial charge in [0.25, 0.3) is 0 Å². The van der Waals surface area contributed by atoms with Crippen LogP contribution in [0.5, 0.6) is 0 Å². The van der Waals surface area contributed by atoms with Crippen molar-refractivity contribution in [3.8, 4) is 118 Å². The van der Waals surface area contributed by atoms with Gasteiger partial charge in [0.05, 0.1) is 68.4 Å². The molecule has 6 heterocycles. The van der Waals surface area contributed by atoms with Crippen LogP contribution in [0.15, 0.2) is 298 Å². The first-order chi connectivity index (χ1) is 46.1. The molecule has 8 nitrogen and oxygen atoms in total. The predicted octanol–water partition coefficient (Wildman–Crippen LogP) is 21.9. The van der Waals surface area contributed by atoms with E-state index in [-0.39, 0.29) is 22.4 Å². The molecule has 0 spiro atoms. The van der Waals surface area contributed by atoms with Crippen LogP contribution in [0, 0.1) is 17.9 Å². The van der Waals surface area contributed by atoms with E-state index >= 15 is 13.2 Å². The molecule has 16 aromatic rings. The van der Waals surface area contributed by atoms with Gasteiger partial charge in [0, 0.05) is 68.6 Å². The number of halogens is 3. The van der Waals surface area contributed by atoms with Gasteiger partial charge in [-0.2, -0.15) is 18.4 Å². The first kappa shape index (κ1) is 56.4. The first-order valence-corrected chi connectivity index (χ1v) is 30.5. The van der Waals surface area contributed by atoms with Gasteiger partial charge in [-0.05, 0) is 165 Å². The summed E-state index contributed by atoms with van der Waals surface area (Å²) in [7, 11) is 0. The van der Waals surface area contributed by atoms with Crippen molar-refractivity contribution in [2.24, 2.45) is 0 Å². The van der Waals surface area contributed by atoms with E-state index < -0.39 is 11.7 Å². The van der Waals surface area contributed by atoms with E-state index in [9.17, 15) is 5.26 Å². The zero-order valence-electron chi connectivity index (χ0n) is 50.0. The number of rotatable bonds is 11. The molecule has 6 aromatic heterocycles. The minimum absolute atomic E-state index is 0.0975. The van der Waals surface area contributed by atoms with Crippen molar-refractivity contribution in [3.63, 3.8) is 0 Å². The molecule has 0 aliphatic carbocycles. The largest absolute Gasteiger partial charge is 0.415 e. The lowest BCUT2D eigenvalue weighted by atomic mass is 9.94. The van der Waals surface area contributed by atoms with Crippen molar-refractivity contribution >= 4 is 49.3 Å². The number of hydrogen-bond donors (Lipinski definition) is 0. The number of aromatic nitrogens is 6. The molecular weight excluding hydrogens is 1170 g/mol. The van der Waals surface area contributed by atoms with Crippen LogP contribution in [0.4, 0.5) is 18.9 Å². The number of hydrogen-bond acceptors (Lipinski definition) is 5. The lowest BCUT2D eigenvalue weighted by Crippen LogP contribution is -2.09. The van der Waals surface area contributed by atoms with Crippen molar-refractivity contribution in [1.29, 1.82) is 5.26 Å². The second kappa shape index (κ2) is 23.2. The molecule has 0 bridgehead atoms. The number of pyridine rings is 4. The molecule has 0 N–H and O–H groups in total. The van der Waals surface area contributed by atoms with Crippen LogP contribution >= 0.6 is 0 Å². The Morgan fingerprint density at radius 3 is 0.926 bits per heavy atom. The average molecular weight is 1220 g/mol. The van der Waals surface area contributed by atoms with E-state index in [1.807, 2.05) is 203 Å². The Hall–Kier alpha value is -12.8. The van der Waals surface area contributed by atoms with Crippen molar-refractivity contribution in [3.05, 3.63) is 320 Å². The van der Waals surface area contributed by atoms with Gasteiger partial charge in [0.1, 0.15) is 11.6 Å². The van der Waals surface area contributed by atoms with Gasteiger partial charge in [0.2, 0.25) is 0 Å². The molecule has 0 radical (unpaired) electrons. The molecule has 0 saturated carbocycles. The van der Waals surface area contributed by atoms with Crippen LogP contribution < -0.4 is 0 Å². The van der Waals surface area contributed by atoms with E-state index in [0.29, 0.717) is 33.4 Å². The fraction of sp³-hybridized carbons (Fsp3) is 0.0120. The van der Waals surface area contributed by atoms with Gasteiger partial charge in [-0.3, -0.25) is 19.9 Å². The molecule has 10 aromatic carbocycles. The van der Waals surface area contributed by atoms with Gasteiger partial charge in [-0.1, -0.05) is 164 Å². The molecule has 0 fully saturated rings. The molecule has 16 rings (SSSR count). The molecule has 0 saturated heterocycles. The Labute approximate surface area is 538 Å². The molecule has 0 amide bonds. The number of benzene rings is 10. The number of nitrogens with zero attached hydrogens (tertiary/aromatic N) is 8. The van der Waals surface area contributed by atoms with Crippen LogP contribution in [0.2, 0.25) is 0 Å². The van der Waals surface area contributed by atoms with Crippen molar-refractivity contribution < 1.29 is 13.2 Å². The van der Waals surface area contributed by atoms with Crippen molar-refractivity contribution in [1.82, 2.24) is 29.1 Å². The maximum atomic E-state index is 15.8. The topological polar surface area (TPSA) is 89.6 Å². The molecule has 0 atom stereocenters. The van der Waals surface area contributed by atoms with Gasteiger partial charge in [-0.15, -0.1) is 0 Å². The molecule has 0 aliphatic rings. The Morgan fingerprint density at radius 1 is 0.330 bits per heavy atom. The lowest BCUT2D eigenvalue weighted by molar-refractivity contribution is -0.137. The SMILES string of the molecule is [C-]#[N+]c1cccc(C(F)(F)F)c1-c1cc(-n2c3ccc(-c4ccnc(-c5ccccc5)c4)cc3c3cc(-c4ccnc(-c5ccccc5)c4)ccc32)c(C#N)c(-n2c3ccc(-c4ccnc(-c5ccccc5)c4)cc3c3cc(-c4ccnc(-c5ccccc5)c4)ccc32)c1. The summed E-state index contributed by atoms with van der Waals surface area (Å²) in [5, 5.41) is 15.5. The summed E-state index contributed by atoms with van der Waals surface area (Å²) in [5.41, 5.74) is 16.6. The Kier molecular flexibility index (Phi) is 13.9. The third kappa shape index (κ3) is 10.1. The number of nitriles is 1. The second-order valence-corrected chi connectivity index (χ2v) is 23.1. The quantitative estimate of drug-likeness (QED) is 0.120. The summed E-state index contributed by atoms with van der Waals surface area (Å²) in [4.78, 5) is 22.7. The molecule has 0 unspecified atom stereocenters. The normalized spacial score (nSPS) is 11.5. The highest BCUT2D eigenvalue weighted by Gasteiger charge is 2.36. The number of alkyl halides is 3. The Balaban J connectivity index is 0.980. The smallest absolute Gasteiger partial charge is 0.308 e. The zero-order valence-corrected chi connectivity index (χ0v) is 50.0. The van der Waals surface area contributed by atoms with Crippen LogP contribution in [0.3, 0.4) is 0 Å². The van der Waals surface area contributed by atoms with Gasteiger partial charge < -0.3 is 9.13 Å². The summed E-state index contributed by atoms with van der Waals surface area (Å²) in [6.07, 6.45) is 2.34. The minimum atomic E-state index is -4.87. The Morgan fingerprint density at radius 2 is 0.638 bits per heavy atom. The van der Waals surface area contributed by atoms with Crippen molar-refractivity contribution in [2.45, 2.75) is 6.18 Å². The van der Waals surface area contributed by atoms with Crippen LogP contribution in [0.25, 0.3) is 160 Å². The maximum Gasteiger partial charge on any atom is 0.415 e. The van der Waals surface area contributed by atoms with E-state index in [4.69, 9.17) is 26.5 Å². The number of fused-ring (bicyclic) bond motifs is 6. The maximum absolute atomic E-state index is 15.8. The highest BCUT2D eigenvalue weighted by Crippen LogP contribution is 2.48. The highest BCUT2D eigenvalue weighted by molar-refractivity contribution is 6.14. The second-order valence-electron chi connectivity index (χ2n) is 23.1. The van der Waals surface area contributed by atoms with E-state index in [0.717, 1.165) is 117 Å². The first-order valence-electron chi connectivity index (χ1n) is 30.5. The van der Waals surface area contributed by atoms with Crippen molar-refractivity contribution in [2.75, 3.05) is 0 Å². The van der Waals surface area contributed by atoms with E-state index in [1.165, 1.54) is 12.1 Å². The monoisotopic (exact) mass is 1210 g/mol.